The zero-order chi connectivity index (χ0) is 9.10. The molecule has 0 N–H and O–H groups in total. The molecule has 0 spiro atoms. The van der Waals surface area contributed by atoms with Crippen LogP contribution < -0.4 is 0 Å². The summed E-state index contributed by atoms with van der Waals surface area (Å²) in [7, 11) is 0. The Hall–Kier alpha value is -0.950. The highest BCUT2D eigenvalue weighted by Crippen LogP contribution is 2.26. The maximum atomic E-state index is 4.39. The fourth-order valence-corrected chi connectivity index (χ4v) is 1.79. The molecule has 0 radical (unpaired) electrons. The van der Waals surface area contributed by atoms with Crippen LogP contribution in [0.1, 0.15) is 18.4 Å². The highest BCUT2D eigenvalue weighted by atomic mass is 32.1. The largest absolute Gasteiger partial charge is 0.148 e. The topological polar surface area (TPSA) is 0 Å². The molecule has 0 nitrogen and oxygen atoms in total. The van der Waals surface area contributed by atoms with Crippen LogP contribution in [0.3, 0.4) is 0 Å². The monoisotopic (exact) mass is 188 g/mol. The zero-order valence-electron chi connectivity index (χ0n) is 7.40. The second kappa shape index (κ2) is 3.84. The summed E-state index contributed by atoms with van der Waals surface area (Å²) in [6.07, 6.45) is 6.62. The third-order valence-electron chi connectivity index (χ3n) is 2.19. The highest BCUT2D eigenvalue weighted by Gasteiger charge is 2.03. The number of thiol groups is 1. The van der Waals surface area contributed by atoms with Gasteiger partial charge in [0.2, 0.25) is 0 Å². The molecule has 0 unspecified atom stereocenters. The van der Waals surface area contributed by atoms with Crippen molar-refractivity contribution in [2.24, 2.45) is 0 Å². The van der Waals surface area contributed by atoms with Crippen LogP contribution >= 0.6 is 12.6 Å². The molecule has 0 saturated carbocycles. The van der Waals surface area contributed by atoms with Gasteiger partial charge in [-0.2, -0.15) is 0 Å². The van der Waals surface area contributed by atoms with E-state index in [0.29, 0.717) is 0 Å². The van der Waals surface area contributed by atoms with Crippen molar-refractivity contribution in [1.82, 2.24) is 0 Å². The second-order valence-electron chi connectivity index (χ2n) is 3.20. The molecular formula is C12H12S. The molecule has 0 saturated heterocycles. The quantitative estimate of drug-likeness (QED) is 0.639. The summed E-state index contributed by atoms with van der Waals surface area (Å²) in [6.45, 7) is 0. The van der Waals surface area contributed by atoms with Gasteiger partial charge in [-0.1, -0.05) is 36.4 Å². The fourth-order valence-electron chi connectivity index (χ4n) is 1.52. The maximum Gasteiger partial charge on any atom is -0.0175 e. The molecule has 13 heavy (non-hydrogen) atoms. The van der Waals surface area contributed by atoms with Gasteiger partial charge in [-0.05, 0) is 35.0 Å². The minimum Gasteiger partial charge on any atom is -0.148 e. The molecule has 2 rings (SSSR count). The summed E-state index contributed by atoms with van der Waals surface area (Å²) in [5.41, 5.74) is 2.59. The minimum absolute atomic E-state index is 1.08. The summed E-state index contributed by atoms with van der Waals surface area (Å²) < 4.78 is 0. The van der Waals surface area contributed by atoms with E-state index >= 15 is 0 Å². The number of hydrogen-bond donors (Lipinski definition) is 1. The smallest absolute Gasteiger partial charge is 0.0175 e. The van der Waals surface area contributed by atoms with Gasteiger partial charge in [0, 0.05) is 0 Å². The summed E-state index contributed by atoms with van der Waals surface area (Å²) in [6, 6.07) is 10.4. The average Bonchev–Trinajstić information content (AvgIpc) is 2.19. The Kier molecular flexibility index (Phi) is 2.55. The van der Waals surface area contributed by atoms with Crippen LogP contribution in [0.4, 0.5) is 0 Å². The Labute approximate surface area is 84.4 Å². The summed E-state index contributed by atoms with van der Waals surface area (Å²) in [5.74, 6) is 0. The zero-order valence-corrected chi connectivity index (χ0v) is 8.30. The van der Waals surface area contributed by atoms with E-state index < -0.39 is 0 Å². The summed E-state index contributed by atoms with van der Waals surface area (Å²) >= 11 is 4.39. The standard InChI is InChI=1S/C12H12S/c13-12-8-4-7-11(9-12)10-5-2-1-3-6-10/h1-3,5-7,9,13H,4,8H2. The van der Waals surface area contributed by atoms with Crippen molar-refractivity contribution in [2.45, 2.75) is 12.8 Å². The number of benzene rings is 1. The lowest BCUT2D eigenvalue weighted by Crippen LogP contribution is -1.87. The Bertz CT molecular complexity index is 347. The third-order valence-corrected chi connectivity index (χ3v) is 2.55. The van der Waals surface area contributed by atoms with Gasteiger partial charge in [0.15, 0.2) is 0 Å². The van der Waals surface area contributed by atoms with Crippen LogP contribution in [0.15, 0.2) is 47.4 Å². The normalized spacial score (nSPS) is 16.4. The lowest BCUT2D eigenvalue weighted by Gasteiger charge is -2.09. The van der Waals surface area contributed by atoms with Gasteiger partial charge in [-0.25, -0.2) is 0 Å². The molecule has 0 bridgehead atoms. The fraction of sp³-hybridized carbons (Fsp3) is 0.167. The predicted molar refractivity (Wildman–Crippen MR) is 60.7 cm³/mol. The molecule has 1 aromatic carbocycles. The van der Waals surface area contributed by atoms with Crippen LogP contribution in [0.25, 0.3) is 5.57 Å². The number of hydrogen-bond acceptors (Lipinski definition) is 1. The lowest BCUT2D eigenvalue weighted by molar-refractivity contribution is 1.03. The van der Waals surface area contributed by atoms with Crippen molar-refractivity contribution < 1.29 is 0 Å². The first-order valence-corrected chi connectivity index (χ1v) is 4.96. The first-order valence-electron chi connectivity index (χ1n) is 4.51. The minimum atomic E-state index is 1.08. The summed E-state index contributed by atoms with van der Waals surface area (Å²) in [5, 5.41) is 0. The SMILES string of the molecule is SC1=CC(c2ccccc2)=CCC1. The molecule has 0 fully saturated rings. The Morgan fingerprint density at radius 3 is 2.54 bits per heavy atom. The van der Waals surface area contributed by atoms with Crippen LogP contribution in [0.2, 0.25) is 0 Å². The van der Waals surface area contributed by atoms with E-state index in [1.807, 2.05) is 6.07 Å². The molecule has 0 atom stereocenters. The molecule has 1 heteroatoms. The molecule has 0 aliphatic heterocycles. The Morgan fingerprint density at radius 1 is 1.08 bits per heavy atom. The predicted octanol–water partition coefficient (Wildman–Crippen LogP) is 3.68. The maximum absolute atomic E-state index is 4.39. The van der Waals surface area contributed by atoms with Crippen molar-refractivity contribution in [2.75, 3.05) is 0 Å². The van der Waals surface area contributed by atoms with E-state index in [1.54, 1.807) is 0 Å². The van der Waals surface area contributed by atoms with Gasteiger partial charge in [-0.3, -0.25) is 0 Å². The van der Waals surface area contributed by atoms with Crippen LogP contribution in [-0.4, -0.2) is 0 Å². The molecule has 66 valence electrons. The van der Waals surface area contributed by atoms with Crippen molar-refractivity contribution >= 4 is 18.2 Å². The molecule has 1 aliphatic rings. The first kappa shape index (κ1) is 8.64. The Morgan fingerprint density at radius 2 is 1.85 bits per heavy atom. The van der Waals surface area contributed by atoms with E-state index in [-0.39, 0.29) is 0 Å². The van der Waals surface area contributed by atoms with Crippen molar-refractivity contribution in [1.29, 1.82) is 0 Å². The van der Waals surface area contributed by atoms with Crippen molar-refractivity contribution in [3.8, 4) is 0 Å². The molecule has 0 amide bonds. The third kappa shape index (κ3) is 2.04. The van der Waals surface area contributed by atoms with Crippen LogP contribution in [-0.2, 0) is 0 Å². The lowest BCUT2D eigenvalue weighted by atomic mass is 10.00. The molecule has 1 aromatic rings. The van der Waals surface area contributed by atoms with E-state index in [1.165, 1.54) is 16.0 Å². The van der Waals surface area contributed by atoms with E-state index in [0.717, 1.165) is 12.8 Å². The van der Waals surface area contributed by atoms with Gasteiger partial charge in [-0.15, -0.1) is 12.6 Å². The van der Waals surface area contributed by atoms with Gasteiger partial charge in [0.1, 0.15) is 0 Å². The van der Waals surface area contributed by atoms with Crippen molar-refractivity contribution in [3.63, 3.8) is 0 Å². The van der Waals surface area contributed by atoms with Crippen LogP contribution in [0.5, 0.6) is 0 Å². The Balaban J connectivity index is 2.33. The molecular weight excluding hydrogens is 176 g/mol. The van der Waals surface area contributed by atoms with Gasteiger partial charge < -0.3 is 0 Å². The number of allylic oxidation sites excluding steroid dienone is 4. The highest BCUT2D eigenvalue weighted by molar-refractivity contribution is 7.84. The molecule has 0 heterocycles. The molecule has 1 aliphatic carbocycles. The van der Waals surface area contributed by atoms with Gasteiger partial charge >= 0.3 is 0 Å². The number of rotatable bonds is 1. The van der Waals surface area contributed by atoms with Gasteiger partial charge in [0.25, 0.3) is 0 Å². The average molecular weight is 188 g/mol. The second-order valence-corrected chi connectivity index (χ2v) is 3.77. The van der Waals surface area contributed by atoms with E-state index in [2.05, 4.69) is 49.0 Å². The van der Waals surface area contributed by atoms with Gasteiger partial charge in [0.05, 0.1) is 0 Å². The summed E-state index contributed by atoms with van der Waals surface area (Å²) in [4.78, 5) is 1.18. The first-order chi connectivity index (χ1) is 6.36. The van der Waals surface area contributed by atoms with Crippen molar-refractivity contribution in [3.05, 3.63) is 53.0 Å². The molecule has 0 aromatic heterocycles. The van der Waals surface area contributed by atoms with Crippen LogP contribution in [0, 0.1) is 0 Å². The van der Waals surface area contributed by atoms with E-state index in [9.17, 15) is 0 Å². The van der Waals surface area contributed by atoms with E-state index in [4.69, 9.17) is 0 Å².